The minimum atomic E-state index is -1.30. The Labute approximate surface area is 71.8 Å². The first-order chi connectivity index (χ1) is 5.63. The average molecular weight is 185 g/mol. The van der Waals surface area contributed by atoms with Crippen LogP contribution in [0.2, 0.25) is 0 Å². The maximum Gasteiger partial charge on any atom is 0.285 e. The van der Waals surface area contributed by atoms with Crippen LogP contribution in [0.15, 0.2) is 29.2 Å². The van der Waals surface area contributed by atoms with Crippen LogP contribution in [0.4, 0.5) is 5.69 Å². The molecule has 0 saturated heterocycles. The van der Waals surface area contributed by atoms with Crippen molar-refractivity contribution in [1.82, 2.24) is 0 Å². The van der Waals surface area contributed by atoms with Gasteiger partial charge in [-0.1, -0.05) is 12.1 Å². The predicted molar refractivity (Wildman–Crippen MR) is 45.4 cm³/mol. The average Bonchev–Trinajstić information content (AvgIpc) is 2.04. The molecule has 4 nitrogen and oxygen atoms in total. The zero-order chi connectivity index (χ0) is 9.14. The van der Waals surface area contributed by atoms with E-state index < -0.39 is 15.7 Å². The van der Waals surface area contributed by atoms with Gasteiger partial charge >= 0.3 is 0 Å². The van der Waals surface area contributed by atoms with E-state index in [1.54, 1.807) is 12.1 Å². The number of benzene rings is 1. The van der Waals surface area contributed by atoms with Crippen LogP contribution in [0.1, 0.15) is 0 Å². The Bertz CT molecular complexity index is 304. The third kappa shape index (κ3) is 1.68. The largest absolute Gasteiger partial charge is 0.285 e. The Hall–Kier alpha value is -1.23. The summed E-state index contributed by atoms with van der Waals surface area (Å²) in [5.74, 6) is 0. The topological polar surface area (TPSA) is 60.2 Å². The Morgan fingerprint density at radius 1 is 1.42 bits per heavy atom. The second-order valence-corrected chi connectivity index (χ2v) is 3.53. The molecule has 0 bridgehead atoms. The Morgan fingerprint density at radius 2 is 2.00 bits per heavy atom. The SMILES string of the molecule is C[S@](=O)c1ccccc1[N+](=O)[O-]. The summed E-state index contributed by atoms with van der Waals surface area (Å²) in [5.41, 5.74) is -0.0849. The molecular formula is C7H7NO3S. The summed E-state index contributed by atoms with van der Waals surface area (Å²) in [4.78, 5) is 10.1. The van der Waals surface area contributed by atoms with E-state index in [1.807, 2.05) is 0 Å². The van der Waals surface area contributed by atoms with Gasteiger partial charge in [0.05, 0.1) is 15.7 Å². The number of hydrogen-bond donors (Lipinski definition) is 0. The Balaban J connectivity index is 3.27. The molecule has 0 aliphatic heterocycles. The molecule has 0 spiro atoms. The molecule has 1 aromatic carbocycles. The zero-order valence-corrected chi connectivity index (χ0v) is 7.21. The van der Waals surface area contributed by atoms with Gasteiger partial charge in [0.25, 0.3) is 5.69 Å². The fourth-order valence-corrected chi connectivity index (χ4v) is 1.56. The molecule has 0 unspecified atom stereocenters. The van der Waals surface area contributed by atoms with Gasteiger partial charge in [0.15, 0.2) is 0 Å². The molecule has 1 atom stereocenters. The first kappa shape index (κ1) is 8.86. The number of rotatable bonds is 2. The van der Waals surface area contributed by atoms with Crippen molar-refractivity contribution >= 4 is 16.5 Å². The molecule has 12 heavy (non-hydrogen) atoms. The lowest BCUT2D eigenvalue weighted by atomic mass is 10.3. The molecule has 1 aromatic rings. The van der Waals surface area contributed by atoms with Gasteiger partial charge in [-0.3, -0.25) is 14.3 Å². The van der Waals surface area contributed by atoms with Crippen molar-refractivity contribution in [3.8, 4) is 0 Å². The van der Waals surface area contributed by atoms with Crippen LogP contribution < -0.4 is 0 Å². The van der Waals surface area contributed by atoms with Crippen LogP contribution in [0.25, 0.3) is 0 Å². The van der Waals surface area contributed by atoms with Crippen molar-refractivity contribution in [2.75, 3.05) is 6.26 Å². The van der Waals surface area contributed by atoms with E-state index in [0.717, 1.165) is 0 Å². The zero-order valence-electron chi connectivity index (χ0n) is 6.39. The van der Waals surface area contributed by atoms with E-state index in [2.05, 4.69) is 0 Å². The van der Waals surface area contributed by atoms with Crippen molar-refractivity contribution in [3.63, 3.8) is 0 Å². The first-order valence-electron chi connectivity index (χ1n) is 3.20. The minimum absolute atomic E-state index is 0.0849. The van der Waals surface area contributed by atoms with Gasteiger partial charge in [-0.15, -0.1) is 0 Å². The fraction of sp³-hybridized carbons (Fsp3) is 0.143. The van der Waals surface area contributed by atoms with Crippen molar-refractivity contribution in [3.05, 3.63) is 34.4 Å². The summed E-state index contributed by atoms with van der Waals surface area (Å²) in [6.07, 6.45) is 1.42. The summed E-state index contributed by atoms with van der Waals surface area (Å²) in [7, 11) is -1.30. The predicted octanol–water partition coefficient (Wildman–Crippen LogP) is 1.33. The molecule has 1 rings (SSSR count). The van der Waals surface area contributed by atoms with Gasteiger partial charge in [-0.25, -0.2) is 0 Å². The van der Waals surface area contributed by atoms with Crippen molar-refractivity contribution in [2.24, 2.45) is 0 Å². The Kier molecular flexibility index (Phi) is 2.54. The smallest absolute Gasteiger partial charge is 0.258 e. The molecule has 64 valence electrons. The van der Waals surface area contributed by atoms with Crippen LogP contribution in [-0.2, 0) is 10.8 Å². The first-order valence-corrected chi connectivity index (χ1v) is 4.75. The summed E-state index contributed by atoms with van der Waals surface area (Å²) >= 11 is 0. The molecule has 0 saturated carbocycles. The van der Waals surface area contributed by atoms with E-state index in [1.165, 1.54) is 18.4 Å². The molecule has 0 amide bonds. The molecule has 0 aliphatic carbocycles. The summed E-state index contributed by atoms with van der Waals surface area (Å²) in [6.45, 7) is 0. The molecule has 0 heterocycles. The second-order valence-electron chi connectivity index (χ2n) is 2.18. The molecular weight excluding hydrogens is 178 g/mol. The van der Waals surface area contributed by atoms with Crippen molar-refractivity contribution < 1.29 is 9.13 Å². The summed E-state index contributed by atoms with van der Waals surface area (Å²) < 4.78 is 11.0. The van der Waals surface area contributed by atoms with Crippen LogP contribution in [0.5, 0.6) is 0 Å². The maximum atomic E-state index is 11.0. The summed E-state index contributed by atoms with van der Waals surface area (Å²) in [5, 5.41) is 10.4. The minimum Gasteiger partial charge on any atom is -0.258 e. The van der Waals surface area contributed by atoms with Gasteiger partial charge in [-0.05, 0) is 6.07 Å². The Morgan fingerprint density at radius 3 is 2.42 bits per heavy atom. The lowest BCUT2D eigenvalue weighted by Gasteiger charge is -1.96. The van der Waals surface area contributed by atoms with Gasteiger partial charge in [-0.2, -0.15) is 0 Å². The van der Waals surface area contributed by atoms with E-state index >= 15 is 0 Å². The molecule has 0 radical (unpaired) electrons. The fourth-order valence-electron chi connectivity index (χ4n) is 0.851. The third-order valence-electron chi connectivity index (χ3n) is 1.37. The molecule has 0 N–H and O–H groups in total. The standard InChI is InChI=1S/C7H7NO3S/c1-12(11)7-5-3-2-4-6(7)8(9)10/h2-5H,1H3/t12-/m0/s1. The normalized spacial score (nSPS) is 12.4. The lowest BCUT2D eigenvalue weighted by molar-refractivity contribution is -0.387. The van der Waals surface area contributed by atoms with E-state index in [4.69, 9.17) is 0 Å². The van der Waals surface area contributed by atoms with Gasteiger partial charge < -0.3 is 0 Å². The van der Waals surface area contributed by atoms with Crippen molar-refractivity contribution in [2.45, 2.75) is 4.90 Å². The van der Waals surface area contributed by atoms with Crippen molar-refractivity contribution in [1.29, 1.82) is 0 Å². The van der Waals surface area contributed by atoms with Gasteiger partial charge in [0.1, 0.15) is 4.90 Å². The number of hydrogen-bond acceptors (Lipinski definition) is 3. The van der Waals surface area contributed by atoms with Crippen LogP contribution in [-0.4, -0.2) is 15.4 Å². The third-order valence-corrected chi connectivity index (χ3v) is 2.34. The lowest BCUT2D eigenvalue weighted by Crippen LogP contribution is -1.95. The highest BCUT2D eigenvalue weighted by molar-refractivity contribution is 7.84. The van der Waals surface area contributed by atoms with Gasteiger partial charge in [0.2, 0.25) is 0 Å². The quantitative estimate of drug-likeness (QED) is 0.516. The van der Waals surface area contributed by atoms with E-state index in [9.17, 15) is 14.3 Å². The molecule has 0 aliphatic rings. The highest BCUT2D eigenvalue weighted by Crippen LogP contribution is 2.19. The number of nitro groups is 1. The monoisotopic (exact) mass is 185 g/mol. The van der Waals surface area contributed by atoms with Gasteiger partial charge in [0, 0.05) is 12.3 Å². The molecule has 0 fully saturated rings. The molecule has 0 aromatic heterocycles. The van der Waals surface area contributed by atoms with Crippen LogP contribution in [0, 0.1) is 10.1 Å². The number of para-hydroxylation sites is 1. The second kappa shape index (κ2) is 3.44. The summed E-state index contributed by atoms with van der Waals surface area (Å²) in [6, 6.07) is 6.02. The number of nitrogens with zero attached hydrogens (tertiary/aromatic N) is 1. The highest BCUT2D eigenvalue weighted by Gasteiger charge is 2.14. The van der Waals surface area contributed by atoms with Crippen LogP contribution >= 0.6 is 0 Å². The van der Waals surface area contributed by atoms with Crippen LogP contribution in [0.3, 0.4) is 0 Å². The van der Waals surface area contributed by atoms with E-state index in [0.29, 0.717) is 0 Å². The highest BCUT2D eigenvalue weighted by atomic mass is 32.2. The number of nitro benzene ring substituents is 1. The maximum absolute atomic E-state index is 11.0. The molecule has 5 heteroatoms. The van der Waals surface area contributed by atoms with E-state index in [-0.39, 0.29) is 10.6 Å².